The minimum absolute atomic E-state index is 0.0315. The zero-order valence-electron chi connectivity index (χ0n) is 12.4. The van der Waals surface area contributed by atoms with Crippen molar-refractivity contribution in [1.29, 1.82) is 0 Å². The van der Waals surface area contributed by atoms with E-state index in [1.165, 1.54) is 12.1 Å². The quantitative estimate of drug-likeness (QED) is 0.913. The van der Waals surface area contributed by atoms with Crippen molar-refractivity contribution in [2.45, 2.75) is 26.3 Å². The summed E-state index contributed by atoms with van der Waals surface area (Å²) < 4.78 is 40.0. The number of pyridine rings is 1. The fourth-order valence-corrected chi connectivity index (χ4v) is 1.86. The van der Waals surface area contributed by atoms with Crippen LogP contribution in [0.2, 0.25) is 0 Å². The Balaban J connectivity index is 2.03. The van der Waals surface area contributed by atoms with Crippen LogP contribution in [-0.4, -0.2) is 17.3 Å². The lowest BCUT2D eigenvalue weighted by Gasteiger charge is -2.09. The molecule has 1 heterocycles. The van der Waals surface area contributed by atoms with Gasteiger partial charge in [-0.15, -0.1) is 13.2 Å². The van der Waals surface area contributed by atoms with Crippen LogP contribution < -0.4 is 10.1 Å². The van der Waals surface area contributed by atoms with E-state index in [1.54, 1.807) is 19.1 Å². The molecule has 1 aromatic heterocycles. The Labute approximate surface area is 131 Å². The summed E-state index contributed by atoms with van der Waals surface area (Å²) in [5.41, 5.74) is 2.21. The summed E-state index contributed by atoms with van der Waals surface area (Å²) in [6, 6.07) is 9.90. The highest BCUT2D eigenvalue weighted by molar-refractivity contribution is 5.75. The summed E-state index contributed by atoms with van der Waals surface area (Å²) in [7, 11) is 0. The number of halogens is 3. The predicted octanol–water partition coefficient (Wildman–Crippen LogP) is 3.67. The van der Waals surface area contributed by atoms with Crippen LogP contribution in [0.3, 0.4) is 0 Å². The van der Waals surface area contributed by atoms with E-state index in [0.717, 1.165) is 17.3 Å². The first-order valence-electron chi connectivity index (χ1n) is 6.95. The van der Waals surface area contributed by atoms with Gasteiger partial charge in [-0.3, -0.25) is 9.78 Å². The predicted molar refractivity (Wildman–Crippen MR) is 78.5 cm³/mol. The van der Waals surface area contributed by atoms with Gasteiger partial charge in [0.1, 0.15) is 5.75 Å². The number of aromatic nitrogens is 1. The van der Waals surface area contributed by atoms with E-state index in [0.29, 0.717) is 18.7 Å². The molecular formula is C16H15F3N2O2. The van der Waals surface area contributed by atoms with Crippen LogP contribution in [0.15, 0.2) is 42.6 Å². The largest absolute Gasteiger partial charge is 0.573 e. The third kappa shape index (κ3) is 5.28. The second-order valence-corrected chi connectivity index (χ2v) is 4.75. The molecule has 0 saturated carbocycles. The van der Waals surface area contributed by atoms with Crippen molar-refractivity contribution in [2.24, 2.45) is 0 Å². The van der Waals surface area contributed by atoms with Crippen LogP contribution in [-0.2, 0) is 11.3 Å². The van der Waals surface area contributed by atoms with Crippen LogP contribution in [0.4, 0.5) is 13.2 Å². The van der Waals surface area contributed by atoms with Crippen LogP contribution in [0.5, 0.6) is 5.75 Å². The molecule has 0 saturated heterocycles. The summed E-state index contributed by atoms with van der Waals surface area (Å²) in [4.78, 5) is 15.1. The van der Waals surface area contributed by atoms with E-state index in [9.17, 15) is 18.0 Å². The van der Waals surface area contributed by atoms with E-state index < -0.39 is 6.36 Å². The van der Waals surface area contributed by atoms with Crippen LogP contribution in [0.25, 0.3) is 11.3 Å². The Kier molecular flexibility index (Phi) is 5.20. The molecule has 0 spiro atoms. The van der Waals surface area contributed by atoms with Gasteiger partial charge < -0.3 is 10.1 Å². The average Bonchev–Trinajstić information content (AvgIpc) is 2.52. The zero-order chi connectivity index (χ0) is 16.9. The SMILES string of the molecule is CCC(=O)NCc1ccc(-c2ccc(OC(F)(F)F)cn2)cc1. The highest BCUT2D eigenvalue weighted by Gasteiger charge is 2.31. The summed E-state index contributed by atoms with van der Waals surface area (Å²) in [6.07, 6.45) is -3.28. The maximum Gasteiger partial charge on any atom is 0.573 e. The second kappa shape index (κ2) is 7.13. The fourth-order valence-electron chi connectivity index (χ4n) is 1.86. The van der Waals surface area contributed by atoms with Gasteiger partial charge in [0, 0.05) is 18.5 Å². The van der Waals surface area contributed by atoms with Crippen molar-refractivity contribution in [3.8, 4) is 17.0 Å². The van der Waals surface area contributed by atoms with Crippen molar-refractivity contribution >= 4 is 5.91 Å². The van der Waals surface area contributed by atoms with Crippen molar-refractivity contribution in [2.75, 3.05) is 0 Å². The molecule has 0 unspecified atom stereocenters. The number of nitrogens with one attached hydrogen (secondary N) is 1. The van der Waals surface area contributed by atoms with Gasteiger partial charge in [-0.2, -0.15) is 0 Å². The molecular weight excluding hydrogens is 309 g/mol. The molecule has 0 aliphatic carbocycles. The number of hydrogen-bond acceptors (Lipinski definition) is 3. The monoisotopic (exact) mass is 324 g/mol. The van der Waals surface area contributed by atoms with Crippen molar-refractivity contribution in [1.82, 2.24) is 10.3 Å². The molecule has 122 valence electrons. The standard InChI is InChI=1S/C16H15F3N2O2/c1-2-15(22)21-9-11-3-5-12(6-4-11)14-8-7-13(10-20-14)23-16(17,18)19/h3-8,10H,2,9H2,1H3,(H,21,22). The Morgan fingerprint density at radius 1 is 1.17 bits per heavy atom. The Morgan fingerprint density at radius 2 is 1.87 bits per heavy atom. The molecule has 0 aliphatic rings. The average molecular weight is 324 g/mol. The fraction of sp³-hybridized carbons (Fsp3) is 0.250. The number of carbonyl (C=O) groups excluding carboxylic acids is 1. The van der Waals surface area contributed by atoms with E-state index in [1.807, 2.05) is 12.1 Å². The van der Waals surface area contributed by atoms with Crippen molar-refractivity contribution in [3.05, 3.63) is 48.2 Å². The van der Waals surface area contributed by atoms with Gasteiger partial charge in [0.2, 0.25) is 5.91 Å². The van der Waals surface area contributed by atoms with Crippen molar-refractivity contribution in [3.63, 3.8) is 0 Å². The lowest BCUT2D eigenvalue weighted by molar-refractivity contribution is -0.274. The van der Waals surface area contributed by atoms with Gasteiger partial charge in [0.05, 0.1) is 11.9 Å². The highest BCUT2D eigenvalue weighted by Crippen LogP contribution is 2.24. The molecule has 0 aliphatic heterocycles. The molecule has 1 N–H and O–H groups in total. The van der Waals surface area contributed by atoms with E-state index in [4.69, 9.17) is 0 Å². The lowest BCUT2D eigenvalue weighted by atomic mass is 10.1. The molecule has 4 nitrogen and oxygen atoms in total. The smallest absolute Gasteiger partial charge is 0.404 e. The van der Waals surface area contributed by atoms with Gasteiger partial charge in [-0.1, -0.05) is 31.2 Å². The van der Waals surface area contributed by atoms with E-state index in [-0.39, 0.29) is 11.7 Å². The van der Waals surface area contributed by atoms with E-state index in [2.05, 4.69) is 15.0 Å². The van der Waals surface area contributed by atoms with Gasteiger partial charge in [0.25, 0.3) is 0 Å². The topological polar surface area (TPSA) is 51.2 Å². The third-order valence-electron chi connectivity index (χ3n) is 3.03. The van der Waals surface area contributed by atoms with Gasteiger partial charge in [-0.25, -0.2) is 0 Å². The maximum absolute atomic E-state index is 12.1. The Hall–Kier alpha value is -2.57. The Bertz CT molecular complexity index is 653. The van der Waals surface area contributed by atoms with Gasteiger partial charge >= 0.3 is 6.36 Å². The Morgan fingerprint density at radius 3 is 2.39 bits per heavy atom. The number of alkyl halides is 3. The number of rotatable bonds is 5. The highest BCUT2D eigenvalue weighted by atomic mass is 19.4. The minimum atomic E-state index is -4.73. The maximum atomic E-state index is 12.1. The number of nitrogens with zero attached hydrogens (tertiary/aromatic N) is 1. The number of ether oxygens (including phenoxy) is 1. The molecule has 7 heteroatoms. The second-order valence-electron chi connectivity index (χ2n) is 4.75. The molecule has 0 fully saturated rings. The van der Waals surface area contributed by atoms with Crippen molar-refractivity contribution < 1.29 is 22.7 Å². The van der Waals surface area contributed by atoms with Crippen LogP contribution in [0, 0.1) is 0 Å². The van der Waals surface area contributed by atoms with Crippen LogP contribution in [0.1, 0.15) is 18.9 Å². The number of hydrogen-bond donors (Lipinski definition) is 1. The molecule has 1 aromatic carbocycles. The first-order valence-corrected chi connectivity index (χ1v) is 6.95. The molecule has 0 radical (unpaired) electrons. The summed E-state index contributed by atoms with van der Waals surface area (Å²) in [6.45, 7) is 2.20. The number of benzene rings is 1. The molecule has 2 aromatic rings. The minimum Gasteiger partial charge on any atom is -0.404 e. The molecule has 23 heavy (non-hydrogen) atoms. The lowest BCUT2D eigenvalue weighted by Crippen LogP contribution is -2.21. The van der Waals surface area contributed by atoms with E-state index >= 15 is 0 Å². The summed E-state index contributed by atoms with van der Waals surface area (Å²) >= 11 is 0. The molecule has 0 bridgehead atoms. The number of carbonyl (C=O) groups is 1. The first-order chi connectivity index (χ1) is 10.9. The first kappa shape index (κ1) is 16.8. The number of amides is 1. The molecule has 2 rings (SSSR count). The van der Waals surface area contributed by atoms with Gasteiger partial charge in [0.15, 0.2) is 0 Å². The molecule has 0 atom stereocenters. The van der Waals surface area contributed by atoms with Gasteiger partial charge in [-0.05, 0) is 17.7 Å². The third-order valence-corrected chi connectivity index (χ3v) is 3.03. The summed E-state index contributed by atoms with van der Waals surface area (Å²) in [5.74, 6) is -0.392. The van der Waals surface area contributed by atoms with Crippen LogP contribution >= 0.6 is 0 Å². The zero-order valence-corrected chi connectivity index (χ0v) is 12.4. The summed E-state index contributed by atoms with van der Waals surface area (Å²) in [5, 5.41) is 2.76. The molecule has 1 amide bonds. The normalized spacial score (nSPS) is 11.1.